The molecule has 0 aliphatic rings. The van der Waals surface area contributed by atoms with Crippen LogP contribution in [0.5, 0.6) is 0 Å². The quantitative estimate of drug-likeness (QED) is 0.0479. The Morgan fingerprint density at radius 2 is 0.625 bits per heavy atom. The van der Waals surface area contributed by atoms with Crippen LogP contribution in [0.2, 0.25) is 0 Å². The number of benzene rings is 2. The van der Waals surface area contributed by atoms with E-state index in [2.05, 4.69) is 77.9 Å². The first-order valence-corrected chi connectivity index (χ1v) is 20.5. The van der Waals surface area contributed by atoms with Crippen molar-refractivity contribution in [3.05, 3.63) is 58.7 Å². The number of unbranched alkanes of at least 4 members (excludes halogenated alkanes) is 13. The van der Waals surface area contributed by atoms with Crippen molar-refractivity contribution in [2.45, 2.75) is 202 Å². The fraction of sp³-hybridized carbons (Fsp3) is 0.689. The monoisotopic (exact) mass is 701 g/mol. The van der Waals surface area contributed by atoms with Gasteiger partial charge >= 0.3 is 0 Å². The summed E-state index contributed by atoms with van der Waals surface area (Å²) in [5.41, 5.74) is 10.7. The average Bonchev–Trinajstić information content (AvgIpc) is 3.06. The summed E-state index contributed by atoms with van der Waals surface area (Å²) in [6.45, 7) is 13.8. The third kappa shape index (κ3) is 19.5. The minimum atomic E-state index is 0. The normalized spacial score (nSPS) is 12.0. The van der Waals surface area contributed by atoms with Crippen LogP contribution < -0.4 is 0 Å². The van der Waals surface area contributed by atoms with Crippen LogP contribution in [0.25, 0.3) is 0 Å². The Labute approximate surface area is 308 Å². The second kappa shape index (κ2) is 29.0. The first kappa shape index (κ1) is 44.3. The van der Waals surface area contributed by atoms with Crippen molar-refractivity contribution in [3.8, 4) is 0 Å². The summed E-state index contributed by atoms with van der Waals surface area (Å²) >= 11 is 0. The Morgan fingerprint density at radius 3 is 0.938 bits per heavy atom. The summed E-state index contributed by atoms with van der Waals surface area (Å²) in [4.78, 5) is 11.1. The van der Waals surface area contributed by atoms with Crippen LogP contribution in [0.4, 0.5) is 11.4 Å². The van der Waals surface area contributed by atoms with E-state index in [1.807, 2.05) is 0 Å². The van der Waals surface area contributed by atoms with E-state index in [0.717, 1.165) is 49.9 Å². The van der Waals surface area contributed by atoms with Gasteiger partial charge in [0, 0.05) is 16.5 Å². The van der Waals surface area contributed by atoms with Crippen molar-refractivity contribution in [1.29, 1.82) is 0 Å². The molecule has 2 nitrogen and oxygen atoms in total. The third-order valence-electron chi connectivity index (χ3n) is 9.50. The van der Waals surface area contributed by atoms with Gasteiger partial charge < -0.3 is 0 Å². The van der Waals surface area contributed by atoms with Crippen LogP contribution >= 0.6 is 0 Å². The molecule has 0 unspecified atom stereocenters. The second-order valence-electron chi connectivity index (χ2n) is 14.2. The van der Waals surface area contributed by atoms with Gasteiger partial charge in [0.25, 0.3) is 0 Å². The molecule has 0 saturated carbocycles. The van der Waals surface area contributed by atoms with Crippen LogP contribution in [-0.4, -0.2) is 11.4 Å². The van der Waals surface area contributed by atoms with Crippen LogP contribution in [0.15, 0.2) is 46.4 Å². The van der Waals surface area contributed by atoms with E-state index >= 15 is 0 Å². The molecule has 0 aromatic heterocycles. The predicted octanol–water partition coefficient (Wildman–Crippen LogP) is 15.0. The van der Waals surface area contributed by atoms with Crippen molar-refractivity contribution >= 4 is 22.8 Å². The summed E-state index contributed by atoms with van der Waals surface area (Å²) in [6.07, 6.45) is 30.7. The Bertz CT molecular complexity index is 1090. The summed E-state index contributed by atoms with van der Waals surface area (Å²) in [6, 6.07) is 14.5. The van der Waals surface area contributed by atoms with E-state index in [1.54, 1.807) is 0 Å². The molecule has 2 aromatic rings. The van der Waals surface area contributed by atoms with Crippen LogP contribution in [0.3, 0.4) is 0 Å². The van der Waals surface area contributed by atoms with E-state index in [9.17, 15) is 0 Å². The van der Waals surface area contributed by atoms with Crippen molar-refractivity contribution in [2.24, 2.45) is 9.98 Å². The zero-order valence-corrected chi connectivity index (χ0v) is 33.3. The van der Waals surface area contributed by atoms with Gasteiger partial charge in [-0.15, -0.1) is 0 Å². The topological polar surface area (TPSA) is 24.7 Å². The summed E-state index contributed by atoms with van der Waals surface area (Å²) in [7, 11) is 0. The molecule has 48 heavy (non-hydrogen) atoms. The van der Waals surface area contributed by atoms with E-state index < -0.39 is 0 Å². The summed E-state index contributed by atoms with van der Waals surface area (Å²) in [5, 5.41) is 0. The van der Waals surface area contributed by atoms with Crippen LogP contribution in [-0.2, 0) is 42.2 Å². The molecule has 274 valence electrons. The molecule has 0 spiro atoms. The van der Waals surface area contributed by atoms with Gasteiger partial charge in [0.2, 0.25) is 0 Å². The number of aliphatic imine (C=N–C) groups is 2. The number of aryl methyl sites for hydroxylation is 4. The van der Waals surface area contributed by atoms with Crippen molar-refractivity contribution < 1.29 is 16.5 Å². The standard InChI is InChI=1S/C45H74N2.Ni/c1-7-13-19-25-31-45(47-43-36-40(28-22-16-10-4)33-41(37-43)29-23-17-11-5)44(30-24-18-12-6)46-42-34-38(26-20-14-8-2)32-39(35-42)27-21-15-9-3;/h32-37H,7-31H2,1-6H3;. The maximum Gasteiger partial charge on any atom is 0.0639 e. The molecular weight excluding hydrogens is 627 g/mol. The zero-order valence-electron chi connectivity index (χ0n) is 32.4. The third-order valence-corrected chi connectivity index (χ3v) is 9.50. The molecule has 0 heterocycles. The largest absolute Gasteiger partial charge is 0.252 e. The molecule has 0 N–H and O–H groups in total. The van der Waals surface area contributed by atoms with Gasteiger partial charge in [-0.1, -0.05) is 137 Å². The molecule has 3 heteroatoms. The molecule has 2 rings (SSSR count). The van der Waals surface area contributed by atoms with Crippen molar-refractivity contribution in [2.75, 3.05) is 0 Å². The van der Waals surface area contributed by atoms with Crippen LogP contribution in [0, 0.1) is 0 Å². The zero-order chi connectivity index (χ0) is 34.0. The molecule has 0 amide bonds. The van der Waals surface area contributed by atoms with Gasteiger partial charge in [-0.05, 0) is 124 Å². The molecule has 0 radical (unpaired) electrons. The Morgan fingerprint density at radius 1 is 0.354 bits per heavy atom. The average molecular weight is 702 g/mol. The summed E-state index contributed by atoms with van der Waals surface area (Å²) in [5.74, 6) is 0. The molecule has 2 aromatic carbocycles. The van der Waals surface area contributed by atoms with Gasteiger partial charge in [0.1, 0.15) is 0 Å². The first-order valence-electron chi connectivity index (χ1n) is 20.5. The fourth-order valence-electron chi connectivity index (χ4n) is 6.61. The fourth-order valence-corrected chi connectivity index (χ4v) is 6.61. The van der Waals surface area contributed by atoms with Crippen molar-refractivity contribution in [1.82, 2.24) is 0 Å². The molecule has 0 fully saturated rings. The Balaban J connectivity index is 0.0000115. The van der Waals surface area contributed by atoms with Crippen LogP contribution in [0.1, 0.15) is 199 Å². The molecule has 0 aliphatic carbocycles. The van der Waals surface area contributed by atoms with E-state index in [1.165, 1.54) is 156 Å². The minimum Gasteiger partial charge on any atom is -0.252 e. The molecule has 0 saturated heterocycles. The number of rotatable bonds is 28. The minimum absolute atomic E-state index is 0. The van der Waals surface area contributed by atoms with Gasteiger partial charge in [0.15, 0.2) is 0 Å². The van der Waals surface area contributed by atoms with Gasteiger partial charge in [-0.2, -0.15) is 0 Å². The van der Waals surface area contributed by atoms with E-state index in [0.29, 0.717) is 0 Å². The van der Waals surface area contributed by atoms with E-state index in [-0.39, 0.29) is 16.5 Å². The molecule has 0 aliphatic heterocycles. The SMILES string of the molecule is CCCCCCC(=Nc1cc(CCCCC)cc(CCCCC)c1)C(CCCCC)=Nc1cc(CCCCC)cc(CCCCC)c1.[Ni]. The maximum atomic E-state index is 5.56. The smallest absolute Gasteiger partial charge is 0.0639 e. The van der Waals surface area contributed by atoms with Gasteiger partial charge in [0.05, 0.1) is 22.8 Å². The van der Waals surface area contributed by atoms with Gasteiger partial charge in [-0.25, -0.2) is 0 Å². The maximum absolute atomic E-state index is 5.56. The predicted molar refractivity (Wildman–Crippen MR) is 213 cm³/mol. The number of hydrogen-bond donors (Lipinski definition) is 0. The first-order chi connectivity index (χ1) is 23.1. The molecular formula is C45H74N2Ni. The Hall–Kier alpha value is -1.73. The second-order valence-corrected chi connectivity index (χ2v) is 14.2. The van der Waals surface area contributed by atoms with Crippen molar-refractivity contribution in [3.63, 3.8) is 0 Å². The summed E-state index contributed by atoms with van der Waals surface area (Å²) < 4.78 is 0. The number of hydrogen-bond acceptors (Lipinski definition) is 2. The number of nitrogens with zero attached hydrogens (tertiary/aromatic N) is 2. The Kier molecular flexibility index (Phi) is 26.8. The molecule has 0 bridgehead atoms. The molecule has 0 atom stereocenters. The van der Waals surface area contributed by atoms with Gasteiger partial charge in [-0.3, -0.25) is 9.98 Å². The van der Waals surface area contributed by atoms with E-state index in [4.69, 9.17) is 9.98 Å².